The number of aryl methyl sites for hydroxylation is 1. The number of hydrogen-bond acceptors (Lipinski definition) is 3. The molecule has 5 heteroatoms. The van der Waals surface area contributed by atoms with Crippen molar-refractivity contribution in [3.8, 4) is 0 Å². The second-order valence-corrected chi connectivity index (χ2v) is 6.01. The van der Waals surface area contributed by atoms with Crippen LogP contribution in [-0.2, 0) is 20.7 Å². The molecule has 1 aromatic carbocycles. The van der Waals surface area contributed by atoms with E-state index in [-0.39, 0.29) is 18.3 Å². The molecule has 0 saturated heterocycles. The van der Waals surface area contributed by atoms with E-state index in [1.165, 1.54) is 7.11 Å². The molecule has 1 aromatic rings. The van der Waals surface area contributed by atoms with E-state index in [0.717, 1.165) is 24.0 Å². The molecule has 0 unspecified atom stereocenters. The molecule has 1 aliphatic carbocycles. The normalized spacial score (nSPS) is 16.5. The number of esters is 1. The fourth-order valence-corrected chi connectivity index (χ4v) is 3.14. The van der Waals surface area contributed by atoms with E-state index in [1.54, 1.807) is 0 Å². The zero-order valence-electron chi connectivity index (χ0n) is 12.4. The van der Waals surface area contributed by atoms with E-state index < -0.39 is 5.54 Å². The van der Waals surface area contributed by atoms with E-state index >= 15 is 0 Å². The van der Waals surface area contributed by atoms with Gasteiger partial charge in [0.15, 0.2) is 0 Å². The highest BCUT2D eigenvalue weighted by Gasteiger charge is 2.43. The van der Waals surface area contributed by atoms with E-state index in [4.69, 9.17) is 16.3 Å². The Morgan fingerprint density at radius 2 is 2.00 bits per heavy atom. The van der Waals surface area contributed by atoms with Gasteiger partial charge in [-0.3, -0.25) is 4.79 Å². The SMILES string of the molecule is COC(=O)C1(NC(=O)Cc2ccc(C)cc2Cl)CCCC1. The molecule has 2 rings (SSSR count). The topological polar surface area (TPSA) is 55.4 Å². The Morgan fingerprint density at radius 3 is 2.57 bits per heavy atom. The Labute approximate surface area is 129 Å². The van der Waals surface area contributed by atoms with Crippen LogP contribution in [0.15, 0.2) is 18.2 Å². The number of ether oxygens (including phenoxy) is 1. The van der Waals surface area contributed by atoms with E-state index in [0.29, 0.717) is 17.9 Å². The van der Waals surface area contributed by atoms with Crippen molar-refractivity contribution in [3.05, 3.63) is 34.3 Å². The molecule has 1 amide bonds. The standard InChI is InChI=1S/C16H20ClNO3/c1-11-5-6-12(13(17)9-11)10-14(19)18-16(15(20)21-2)7-3-4-8-16/h5-6,9H,3-4,7-8,10H2,1-2H3,(H,18,19). The molecule has 4 nitrogen and oxygen atoms in total. The van der Waals surface area contributed by atoms with Crippen molar-refractivity contribution < 1.29 is 14.3 Å². The molecule has 0 heterocycles. The molecule has 0 spiro atoms. The highest BCUT2D eigenvalue weighted by Crippen LogP contribution is 2.31. The second kappa shape index (κ2) is 6.48. The summed E-state index contributed by atoms with van der Waals surface area (Å²) < 4.78 is 4.85. The van der Waals surface area contributed by atoms with Gasteiger partial charge in [0.2, 0.25) is 5.91 Å². The summed E-state index contributed by atoms with van der Waals surface area (Å²) in [6, 6.07) is 5.59. The second-order valence-electron chi connectivity index (χ2n) is 5.60. The maximum absolute atomic E-state index is 12.3. The molecule has 0 atom stereocenters. The lowest BCUT2D eigenvalue weighted by atomic mass is 9.97. The number of carbonyl (C=O) groups excluding carboxylic acids is 2. The number of rotatable bonds is 4. The first kappa shape index (κ1) is 15.8. The molecule has 1 saturated carbocycles. The van der Waals surface area contributed by atoms with Crippen LogP contribution in [0.2, 0.25) is 5.02 Å². The summed E-state index contributed by atoms with van der Waals surface area (Å²) in [7, 11) is 1.35. The molecular weight excluding hydrogens is 290 g/mol. The molecule has 0 bridgehead atoms. The first-order valence-electron chi connectivity index (χ1n) is 7.11. The highest BCUT2D eigenvalue weighted by molar-refractivity contribution is 6.31. The van der Waals surface area contributed by atoms with Crippen molar-refractivity contribution in [2.24, 2.45) is 0 Å². The average molecular weight is 310 g/mol. The summed E-state index contributed by atoms with van der Waals surface area (Å²) in [4.78, 5) is 24.2. The van der Waals surface area contributed by atoms with Gasteiger partial charge >= 0.3 is 5.97 Å². The monoisotopic (exact) mass is 309 g/mol. The highest BCUT2D eigenvalue weighted by atomic mass is 35.5. The first-order valence-corrected chi connectivity index (χ1v) is 7.49. The van der Waals surface area contributed by atoms with Crippen molar-refractivity contribution in [1.29, 1.82) is 0 Å². The molecule has 21 heavy (non-hydrogen) atoms. The third kappa shape index (κ3) is 3.56. The lowest BCUT2D eigenvalue weighted by Gasteiger charge is -2.27. The van der Waals surface area contributed by atoms with Gasteiger partial charge in [-0.05, 0) is 37.0 Å². The zero-order chi connectivity index (χ0) is 15.5. The number of carbonyl (C=O) groups is 2. The molecular formula is C16H20ClNO3. The van der Waals surface area contributed by atoms with Crippen LogP contribution in [0.1, 0.15) is 36.8 Å². The van der Waals surface area contributed by atoms with Gasteiger partial charge in [-0.25, -0.2) is 4.79 Å². The van der Waals surface area contributed by atoms with Gasteiger partial charge in [-0.1, -0.05) is 36.6 Å². The minimum atomic E-state index is -0.858. The van der Waals surface area contributed by atoms with E-state index in [9.17, 15) is 9.59 Å². The van der Waals surface area contributed by atoms with Gasteiger partial charge in [-0.2, -0.15) is 0 Å². The minimum absolute atomic E-state index is 0.165. The Balaban J connectivity index is 2.08. The van der Waals surface area contributed by atoms with Crippen LogP contribution in [0.3, 0.4) is 0 Å². The maximum Gasteiger partial charge on any atom is 0.331 e. The van der Waals surface area contributed by atoms with Crippen molar-refractivity contribution in [2.75, 3.05) is 7.11 Å². The predicted molar refractivity (Wildman–Crippen MR) is 81.3 cm³/mol. The summed E-state index contributed by atoms with van der Waals surface area (Å²) in [6.07, 6.45) is 3.26. The van der Waals surface area contributed by atoms with Crippen molar-refractivity contribution in [3.63, 3.8) is 0 Å². The number of methoxy groups -OCH3 is 1. The fourth-order valence-electron chi connectivity index (χ4n) is 2.83. The van der Waals surface area contributed by atoms with E-state index in [2.05, 4.69) is 5.32 Å². The lowest BCUT2D eigenvalue weighted by Crippen LogP contribution is -2.53. The molecule has 1 N–H and O–H groups in total. The van der Waals surface area contributed by atoms with Crippen LogP contribution in [-0.4, -0.2) is 24.5 Å². The lowest BCUT2D eigenvalue weighted by molar-refractivity contribution is -0.150. The van der Waals surface area contributed by atoms with Gasteiger partial charge in [0.1, 0.15) is 5.54 Å². The number of amides is 1. The first-order chi connectivity index (χ1) is 9.97. The summed E-state index contributed by atoms with van der Waals surface area (Å²) >= 11 is 6.14. The summed E-state index contributed by atoms with van der Waals surface area (Å²) in [6.45, 7) is 1.94. The smallest absolute Gasteiger partial charge is 0.331 e. The third-order valence-corrected chi connectivity index (χ3v) is 4.32. The Hall–Kier alpha value is -1.55. The van der Waals surface area contributed by atoms with E-state index in [1.807, 2.05) is 25.1 Å². The van der Waals surface area contributed by atoms with Crippen molar-refractivity contribution >= 4 is 23.5 Å². The van der Waals surface area contributed by atoms with Crippen LogP contribution in [0.25, 0.3) is 0 Å². The van der Waals surface area contributed by atoms with Crippen LogP contribution in [0.4, 0.5) is 0 Å². The number of benzene rings is 1. The Morgan fingerprint density at radius 1 is 1.33 bits per heavy atom. The fraction of sp³-hybridized carbons (Fsp3) is 0.500. The van der Waals surface area contributed by atoms with Crippen LogP contribution in [0.5, 0.6) is 0 Å². The van der Waals surface area contributed by atoms with Gasteiger partial charge in [0.25, 0.3) is 0 Å². The molecule has 1 fully saturated rings. The third-order valence-electron chi connectivity index (χ3n) is 3.97. The van der Waals surface area contributed by atoms with Crippen molar-refractivity contribution in [2.45, 2.75) is 44.6 Å². The van der Waals surface area contributed by atoms with Gasteiger partial charge < -0.3 is 10.1 Å². The number of nitrogens with one attached hydrogen (secondary N) is 1. The largest absolute Gasteiger partial charge is 0.467 e. The van der Waals surface area contributed by atoms with Gasteiger partial charge in [0, 0.05) is 5.02 Å². The molecule has 1 aliphatic rings. The van der Waals surface area contributed by atoms with Gasteiger partial charge in [-0.15, -0.1) is 0 Å². The quantitative estimate of drug-likeness (QED) is 0.870. The van der Waals surface area contributed by atoms with Gasteiger partial charge in [0.05, 0.1) is 13.5 Å². The number of hydrogen-bond donors (Lipinski definition) is 1. The van der Waals surface area contributed by atoms with Crippen molar-refractivity contribution in [1.82, 2.24) is 5.32 Å². The molecule has 114 valence electrons. The number of halogens is 1. The van der Waals surface area contributed by atoms with Crippen LogP contribution in [0, 0.1) is 6.92 Å². The van der Waals surface area contributed by atoms with Crippen LogP contribution >= 0.6 is 11.6 Å². The molecule has 0 aliphatic heterocycles. The Kier molecular flexibility index (Phi) is 4.88. The Bertz CT molecular complexity index is 550. The summed E-state index contributed by atoms with van der Waals surface area (Å²) in [5, 5.41) is 3.43. The summed E-state index contributed by atoms with van der Waals surface area (Å²) in [5.74, 6) is -0.559. The maximum atomic E-state index is 12.3. The molecule has 0 radical (unpaired) electrons. The summed E-state index contributed by atoms with van der Waals surface area (Å²) in [5.41, 5.74) is 0.951. The molecule has 0 aromatic heterocycles. The zero-order valence-corrected chi connectivity index (χ0v) is 13.1. The van der Waals surface area contributed by atoms with Crippen LogP contribution < -0.4 is 5.32 Å². The predicted octanol–water partition coefficient (Wildman–Crippen LogP) is 2.79. The minimum Gasteiger partial charge on any atom is -0.467 e. The average Bonchev–Trinajstić information content (AvgIpc) is 2.90.